The van der Waals surface area contributed by atoms with Crippen LogP contribution in [0.15, 0.2) is 24.3 Å². The summed E-state index contributed by atoms with van der Waals surface area (Å²) in [7, 11) is 0. The number of fused-ring (bicyclic) bond motifs is 1. The number of ether oxygens (including phenoxy) is 1. The molecule has 1 aliphatic rings. The lowest BCUT2D eigenvalue weighted by Crippen LogP contribution is -2.33. The lowest BCUT2D eigenvalue weighted by molar-refractivity contribution is -0.168. The molecule has 1 aromatic rings. The van der Waals surface area contributed by atoms with E-state index in [0.29, 0.717) is 6.42 Å². The first-order valence-electron chi connectivity index (χ1n) is 5.35. The predicted octanol–water partition coefficient (Wildman–Crippen LogP) is 0.629. The van der Waals surface area contributed by atoms with Crippen LogP contribution in [0.25, 0.3) is 0 Å². The van der Waals surface area contributed by atoms with Gasteiger partial charge in [-0.3, -0.25) is 0 Å². The molecule has 0 saturated heterocycles. The van der Waals surface area contributed by atoms with E-state index in [1.54, 1.807) is 0 Å². The van der Waals surface area contributed by atoms with Crippen LogP contribution in [0, 0.1) is 0 Å². The number of carboxylic acid groups (broad SMARTS) is 1. The number of rotatable bonds is 1. The summed E-state index contributed by atoms with van der Waals surface area (Å²) in [5.41, 5.74) is 7.71. The second-order valence-electron chi connectivity index (χ2n) is 4.10. The topological polar surface area (TPSA) is 89.6 Å². The number of carboxylic acids is 1. The molecule has 0 fully saturated rings. The molecular weight excluding hydrogens is 222 g/mol. The molecule has 2 unspecified atom stereocenters. The Morgan fingerprint density at radius 3 is 2.76 bits per heavy atom. The van der Waals surface area contributed by atoms with E-state index in [1.807, 2.05) is 24.3 Å². The van der Waals surface area contributed by atoms with Crippen molar-refractivity contribution < 1.29 is 19.4 Å². The van der Waals surface area contributed by atoms with E-state index in [4.69, 9.17) is 15.6 Å². The number of esters is 1. The Bertz CT molecular complexity index is 458. The maximum absolute atomic E-state index is 11.1. The Kier molecular flexibility index (Phi) is 3.10. The van der Waals surface area contributed by atoms with Gasteiger partial charge in [-0.15, -0.1) is 0 Å². The Morgan fingerprint density at radius 2 is 2.06 bits per heavy atom. The van der Waals surface area contributed by atoms with Gasteiger partial charge < -0.3 is 15.6 Å². The molecular formula is C12H13NO4. The van der Waals surface area contributed by atoms with Crippen molar-refractivity contribution >= 4 is 11.9 Å². The number of carbonyl (C=O) groups excluding carboxylic acids is 1. The standard InChI is InChI=1S/C12H13NO4/c13-8-5-7-3-1-2-4-9(7)10(6-8)17-12(16)11(14)15/h1-4,8,10H,5-6,13H2,(H,14,15). The summed E-state index contributed by atoms with van der Waals surface area (Å²) in [6.07, 6.45) is 0.617. The SMILES string of the molecule is NC1Cc2ccccc2C(OC(=O)C(=O)O)C1. The first-order valence-corrected chi connectivity index (χ1v) is 5.35. The zero-order valence-corrected chi connectivity index (χ0v) is 9.13. The number of nitrogens with two attached hydrogens (primary N) is 1. The number of aliphatic carboxylic acids is 1. The largest absolute Gasteiger partial charge is 0.473 e. The fourth-order valence-corrected chi connectivity index (χ4v) is 2.09. The van der Waals surface area contributed by atoms with E-state index in [1.165, 1.54) is 0 Å². The zero-order valence-electron chi connectivity index (χ0n) is 9.13. The summed E-state index contributed by atoms with van der Waals surface area (Å²) >= 11 is 0. The van der Waals surface area contributed by atoms with E-state index in [-0.39, 0.29) is 6.04 Å². The summed E-state index contributed by atoms with van der Waals surface area (Å²) in [5.74, 6) is -2.82. The molecule has 17 heavy (non-hydrogen) atoms. The van der Waals surface area contributed by atoms with E-state index < -0.39 is 18.0 Å². The maximum Gasteiger partial charge on any atom is 0.417 e. The quantitative estimate of drug-likeness (QED) is 0.550. The molecule has 2 atom stereocenters. The lowest BCUT2D eigenvalue weighted by Gasteiger charge is -2.28. The first-order chi connectivity index (χ1) is 8.08. The highest BCUT2D eigenvalue weighted by Gasteiger charge is 2.29. The molecule has 1 aliphatic carbocycles. The molecule has 90 valence electrons. The third-order valence-corrected chi connectivity index (χ3v) is 2.82. The number of hydrogen-bond acceptors (Lipinski definition) is 4. The maximum atomic E-state index is 11.1. The second-order valence-corrected chi connectivity index (χ2v) is 4.10. The highest BCUT2D eigenvalue weighted by Crippen LogP contribution is 2.31. The molecule has 0 radical (unpaired) electrons. The molecule has 2 rings (SSSR count). The highest BCUT2D eigenvalue weighted by atomic mass is 16.6. The van der Waals surface area contributed by atoms with Gasteiger partial charge in [0, 0.05) is 12.5 Å². The van der Waals surface area contributed by atoms with Crippen molar-refractivity contribution in [2.45, 2.75) is 25.0 Å². The van der Waals surface area contributed by atoms with Crippen molar-refractivity contribution in [2.24, 2.45) is 5.73 Å². The molecule has 0 saturated carbocycles. The summed E-state index contributed by atoms with van der Waals surface area (Å²) < 4.78 is 4.93. The van der Waals surface area contributed by atoms with Gasteiger partial charge in [0.2, 0.25) is 0 Å². The smallest absolute Gasteiger partial charge is 0.417 e. The van der Waals surface area contributed by atoms with Crippen molar-refractivity contribution in [1.82, 2.24) is 0 Å². The monoisotopic (exact) mass is 235 g/mol. The minimum Gasteiger partial charge on any atom is -0.473 e. The van der Waals surface area contributed by atoms with Gasteiger partial charge in [0.15, 0.2) is 0 Å². The average molecular weight is 235 g/mol. The predicted molar refractivity (Wildman–Crippen MR) is 59.2 cm³/mol. The Labute approximate surface area is 98.2 Å². The zero-order chi connectivity index (χ0) is 12.4. The summed E-state index contributed by atoms with van der Waals surface area (Å²) in [4.78, 5) is 21.5. The Balaban J connectivity index is 2.24. The van der Waals surface area contributed by atoms with Crippen LogP contribution in [-0.4, -0.2) is 23.1 Å². The van der Waals surface area contributed by atoms with Crippen LogP contribution in [0.5, 0.6) is 0 Å². The molecule has 1 aromatic carbocycles. The highest BCUT2D eigenvalue weighted by molar-refractivity contribution is 6.28. The average Bonchev–Trinajstić information content (AvgIpc) is 2.28. The van der Waals surface area contributed by atoms with Crippen molar-refractivity contribution in [2.75, 3.05) is 0 Å². The summed E-state index contributed by atoms with van der Waals surface area (Å²) in [5, 5.41) is 8.52. The molecule has 0 bridgehead atoms. The van der Waals surface area contributed by atoms with Gasteiger partial charge in [0.25, 0.3) is 0 Å². The molecule has 5 heteroatoms. The molecule has 3 N–H and O–H groups in total. The van der Waals surface area contributed by atoms with Gasteiger partial charge >= 0.3 is 11.9 Å². The molecule has 0 amide bonds. The van der Waals surface area contributed by atoms with Crippen LogP contribution in [-0.2, 0) is 20.7 Å². The first kappa shape index (κ1) is 11.6. The van der Waals surface area contributed by atoms with Gasteiger partial charge in [-0.2, -0.15) is 0 Å². The molecule has 5 nitrogen and oxygen atoms in total. The van der Waals surface area contributed by atoms with Crippen molar-refractivity contribution in [1.29, 1.82) is 0 Å². The third kappa shape index (κ3) is 2.45. The minimum atomic E-state index is -1.58. The minimum absolute atomic E-state index is 0.114. The van der Waals surface area contributed by atoms with Crippen molar-refractivity contribution in [3.05, 3.63) is 35.4 Å². The molecule has 0 heterocycles. The van der Waals surface area contributed by atoms with Crippen molar-refractivity contribution in [3.8, 4) is 0 Å². The number of hydrogen-bond donors (Lipinski definition) is 2. The Morgan fingerprint density at radius 1 is 1.35 bits per heavy atom. The van der Waals surface area contributed by atoms with Gasteiger partial charge in [-0.25, -0.2) is 9.59 Å². The summed E-state index contributed by atoms with van der Waals surface area (Å²) in [6.45, 7) is 0. The lowest BCUT2D eigenvalue weighted by atomic mass is 9.86. The molecule has 0 aromatic heterocycles. The Hall–Kier alpha value is -1.88. The van der Waals surface area contributed by atoms with Gasteiger partial charge in [0.05, 0.1) is 0 Å². The van der Waals surface area contributed by atoms with E-state index in [9.17, 15) is 9.59 Å². The van der Waals surface area contributed by atoms with Crippen LogP contribution >= 0.6 is 0 Å². The van der Waals surface area contributed by atoms with E-state index >= 15 is 0 Å². The second kappa shape index (κ2) is 4.55. The number of carbonyl (C=O) groups is 2. The van der Waals surface area contributed by atoms with Gasteiger partial charge in [-0.05, 0) is 17.5 Å². The normalized spacial score (nSPS) is 22.6. The van der Waals surface area contributed by atoms with Crippen LogP contribution in [0.2, 0.25) is 0 Å². The van der Waals surface area contributed by atoms with Crippen LogP contribution in [0.3, 0.4) is 0 Å². The van der Waals surface area contributed by atoms with E-state index in [2.05, 4.69) is 0 Å². The molecule has 0 spiro atoms. The van der Waals surface area contributed by atoms with Crippen LogP contribution < -0.4 is 5.73 Å². The van der Waals surface area contributed by atoms with Gasteiger partial charge in [-0.1, -0.05) is 24.3 Å². The summed E-state index contributed by atoms with van der Waals surface area (Å²) in [6, 6.07) is 7.35. The van der Waals surface area contributed by atoms with Gasteiger partial charge in [0.1, 0.15) is 6.10 Å². The van der Waals surface area contributed by atoms with Crippen LogP contribution in [0.4, 0.5) is 0 Å². The van der Waals surface area contributed by atoms with E-state index in [0.717, 1.165) is 17.5 Å². The fourth-order valence-electron chi connectivity index (χ4n) is 2.09. The van der Waals surface area contributed by atoms with Crippen molar-refractivity contribution in [3.63, 3.8) is 0 Å². The third-order valence-electron chi connectivity index (χ3n) is 2.82. The van der Waals surface area contributed by atoms with Crippen LogP contribution in [0.1, 0.15) is 23.7 Å². The fraction of sp³-hybridized carbons (Fsp3) is 0.333. The number of benzene rings is 1. The molecule has 0 aliphatic heterocycles.